The van der Waals surface area contributed by atoms with Gasteiger partial charge in [-0.3, -0.25) is 4.90 Å². The number of aliphatic hydroxyl groups is 1. The minimum atomic E-state index is -2.06. The second-order valence-corrected chi connectivity index (χ2v) is 18.2. The minimum absolute atomic E-state index is 0.0415. The third-order valence-corrected chi connectivity index (χ3v) is 11.5. The maximum absolute atomic E-state index is 13.1. The van der Waals surface area contributed by atoms with Gasteiger partial charge in [0, 0.05) is 25.6 Å². The van der Waals surface area contributed by atoms with Gasteiger partial charge in [0.2, 0.25) is 0 Å². The molecule has 0 radical (unpaired) electrons. The SMILES string of the molecule is CC(C)(C)OC(=O)N1CC[C@@H]([C@@H](O)[C@@H]2C[C@@H](O[Si](C)(C)C(C)(C)C)CN2C(=O)OC(C)(C)C)C1. The first kappa shape index (κ1) is 28.9. The number of hydrogen-bond donors (Lipinski definition) is 1. The van der Waals surface area contributed by atoms with Crippen molar-refractivity contribution in [2.75, 3.05) is 19.6 Å². The van der Waals surface area contributed by atoms with Crippen LogP contribution in [0.2, 0.25) is 18.1 Å². The first-order valence-corrected chi connectivity index (χ1v) is 15.4. The normalized spacial score (nSPS) is 25.5. The van der Waals surface area contributed by atoms with E-state index in [1.54, 1.807) is 9.80 Å². The molecule has 0 aliphatic carbocycles. The van der Waals surface area contributed by atoms with Crippen LogP contribution in [0.3, 0.4) is 0 Å². The van der Waals surface area contributed by atoms with Crippen LogP contribution in [0.15, 0.2) is 0 Å². The minimum Gasteiger partial charge on any atom is -0.444 e. The van der Waals surface area contributed by atoms with Crippen molar-refractivity contribution in [2.24, 2.45) is 5.92 Å². The van der Waals surface area contributed by atoms with Gasteiger partial charge < -0.3 is 23.9 Å². The van der Waals surface area contributed by atoms with Crippen molar-refractivity contribution in [1.82, 2.24) is 9.80 Å². The molecule has 2 aliphatic rings. The lowest BCUT2D eigenvalue weighted by molar-refractivity contribution is -0.00800. The molecule has 8 nitrogen and oxygen atoms in total. The highest BCUT2D eigenvalue weighted by Gasteiger charge is 2.48. The molecule has 198 valence electrons. The second-order valence-electron chi connectivity index (χ2n) is 13.4. The van der Waals surface area contributed by atoms with E-state index >= 15 is 0 Å². The zero-order valence-corrected chi connectivity index (χ0v) is 24.2. The highest BCUT2D eigenvalue weighted by atomic mass is 28.4. The third kappa shape index (κ3) is 7.59. The zero-order valence-electron chi connectivity index (χ0n) is 23.2. The summed E-state index contributed by atoms with van der Waals surface area (Å²) in [6.45, 7) is 23.3. The number of aliphatic hydroxyl groups excluding tert-OH is 1. The molecule has 4 atom stereocenters. The summed E-state index contributed by atoms with van der Waals surface area (Å²) in [5.74, 6) is -0.144. The molecule has 0 unspecified atom stereocenters. The molecule has 0 bridgehead atoms. The summed E-state index contributed by atoms with van der Waals surface area (Å²) in [6, 6.07) is -0.423. The largest absolute Gasteiger partial charge is 0.444 e. The Morgan fingerprint density at radius 1 is 0.912 bits per heavy atom. The number of rotatable bonds is 4. The fourth-order valence-corrected chi connectivity index (χ4v) is 5.59. The molecular formula is C25H48N2O6Si. The molecule has 2 rings (SSSR count). The maximum Gasteiger partial charge on any atom is 0.410 e. The lowest BCUT2D eigenvalue weighted by Gasteiger charge is -2.38. The third-order valence-electron chi connectivity index (χ3n) is 6.95. The predicted molar refractivity (Wildman–Crippen MR) is 135 cm³/mol. The van der Waals surface area contributed by atoms with Crippen LogP contribution >= 0.6 is 0 Å². The molecule has 2 saturated heterocycles. The number of nitrogens with zero attached hydrogens (tertiary/aromatic N) is 2. The van der Waals surface area contributed by atoms with Gasteiger partial charge in [-0.2, -0.15) is 0 Å². The monoisotopic (exact) mass is 500 g/mol. The van der Waals surface area contributed by atoms with Crippen molar-refractivity contribution in [2.45, 2.75) is 123 Å². The average molecular weight is 501 g/mol. The van der Waals surface area contributed by atoms with Crippen LogP contribution in [0, 0.1) is 5.92 Å². The summed E-state index contributed by atoms with van der Waals surface area (Å²) in [6.07, 6.45) is -0.524. The van der Waals surface area contributed by atoms with Crippen LogP contribution in [0.1, 0.15) is 75.2 Å². The number of hydrogen-bond acceptors (Lipinski definition) is 6. The van der Waals surface area contributed by atoms with Gasteiger partial charge in [0.05, 0.1) is 18.2 Å². The van der Waals surface area contributed by atoms with Crippen LogP contribution in [-0.2, 0) is 13.9 Å². The quantitative estimate of drug-likeness (QED) is 0.546. The molecule has 2 heterocycles. The topological polar surface area (TPSA) is 88.5 Å². The summed E-state index contributed by atoms with van der Waals surface area (Å²) in [4.78, 5) is 28.9. The Balaban J connectivity index is 2.16. The summed E-state index contributed by atoms with van der Waals surface area (Å²) in [7, 11) is -2.06. The average Bonchev–Trinajstić information content (AvgIpc) is 3.24. The van der Waals surface area contributed by atoms with E-state index in [0.717, 1.165) is 0 Å². The number of likely N-dealkylation sites (tertiary alicyclic amines) is 2. The second kappa shape index (κ2) is 9.97. The molecule has 2 fully saturated rings. The lowest BCUT2D eigenvalue weighted by Crippen LogP contribution is -2.48. The van der Waals surface area contributed by atoms with Crippen LogP contribution in [-0.4, -0.2) is 84.5 Å². The Morgan fingerprint density at radius 2 is 1.44 bits per heavy atom. The van der Waals surface area contributed by atoms with E-state index in [0.29, 0.717) is 32.5 Å². The molecule has 2 amide bonds. The van der Waals surface area contributed by atoms with Crippen molar-refractivity contribution in [3.05, 3.63) is 0 Å². The number of carbonyl (C=O) groups excluding carboxylic acids is 2. The van der Waals surface area contributed by atoms with Crippen molar-refractivity contribution in [1.29, 1.82) is 0 Å². The van der Waals surface area contributed by atoms with Gasteiger partial charge in [-0.05, 0) is 72.5 Å². The lowest BCUT2D eigenvalue weighted by atomic mass is 9.93. The molecular weight excluding hydrogens is 452 g/mol. The fourth-order valence-electron chi connectivity index (χ4n) is 4.23. The van der Waals surface area contributed by atoms with Crippen LogP contribution in [0.5, 0.6) is 0 Å². The van der Waals surface area contributed by atoms with Gasteiger partial charge in [-0.1, -0.05) is 20.8 Å². The molecule has 0 saturated carbocycles. The van der Waals surface area contributed by atoms with E-state index in [9.17, 15) is 14.7 Å². The molecule has 0 spiro atoms. The smallest absolute Gasteiger partial charge is 0.410 e. The Bertz CT molecular complexity index is 737. The predicted octanol–water partition coefficient (Wildman–Crippen LogP) is 5.00. The van der Waals surface area contributed by atoms with Gasteiger partial charge >= 0.3 is 12.2 Å². The van der Waals surface area contributed by atoms with Gasteiger partial charge in [0.15, 0.2) is 8.32 Å². The molecule has 1 N–H and O–H groups in total. The first-order chi connectivity index (χ1) is 15.2. The Morgan fingerprint density at radius 3 is 1.94 bits per heavy atom. The van der Waals surface area contributed by atoms with E-state index in [-0.39, 0.29) is 23.2 Å². The van der Waals surface area contributed by atoms with E-state index < -0.39 is 37.8 Å². The van der Waals surface area contributed by atoms with Gasteiger partial charge in [0.1, 0.15) is 11.2 Å². The van der Waals surface area contributed by atoms with Crippen molar-refractivity contribution in [3.8, 4) is 0 Å². The summed E-state index contributed by atoms with van der Waals surface area (Å²) in [5.41, 5.74) is -1.20. The van der Waals surface area contributed by atoms with Gasteiger partial charge in [-0.25, -0.2) is 9.59 Å². The standard InChI is InChI=1S/C25H48N2O6Si/c1-23(2,3)31-21(29)26-13-12-17(15-26)20(28)19-14-18(33-34(10,11)25(7,8)9)16-27(19)22(30)32-24(4,5)6/h17-20,28H,12-16H2,1-11H3/t17-,18-,19+,20-/m1/s1. The summed E-state index contributed by atoms with van der Waals surface area (Å²) < 4.78 is 17.8. The Hall–Kier alpha value is -1.32. The van der Waals surface area contributed by atoms with E-state index in [4.69, 9.17) is 13.9 Å². The molecule has 34 heavy (non-hydrogen) atoms. The summed E-state index contributed by atoms with van der Waals surface area (Å²) >= 11 is 0. The number of ether oxygens (including phenoxy) is 2. The molecule has 0 aromatic heterocycles. The van der Waals surface area contributed by atoms with Gasteiger partial charge in [-0.15, -0.1) is 0 Å². The number of carbonyl (C=O) groups is 2. The maximum atomic E-state index is 13.1. The van der Waals surface area contributed by atoms with Crippen molar-refractivity contribution in [3.63, 3.8) is 0 Å². The molecule has 9 heteroatoms. The molecule has 0 aromatic rings. The number of amides is 2. The molecule has 0 aromatic carbocycles. The van der Waals surface area contributed by atoms with E-state index in [2.05, 4.69) is 33.9 Å². The van der Waals surface area contributed by atoms with E-state index in [1.165, 1.54) is 0 Å². The van der Waals surface area contributed by atoms with Crippen LogP contribution in [0.4, 0.5) is 9.59 Å². The Kier molecular flexibility index (Phi) is 8.48. The highest BCUT2D eigenvalue weighted by Crippen LogP contribution is 2.40. The highest BCUT2D eigenvalue weighted by molar-refractivity contribution is 6.74. The Labute approximate surface area is 207 Å². The van der Waals surface area contributed by atoms with Crippen molar-refractivity contribution >= 4 is 20.5 Å². The molecule has 2 aliphatic heterocycles. The van der Waals surface area contributed by atoms with Crippen molar-refractivity contribution < 1.29 is 28.6 Å². The van der Waals surface area contributed by atoms with Crippen LogP contribution in [0.25, 0.3) is 0 Å². The zero-order chi connectivity index (χ0) is 26.3. The van der Waals surface area contributed by atoms with Gasteiger partial charge in [0.25, 0.3) is 0 Å². The van der Waals surface area contributed by atoms with E-state index in [1.807, 2.05) is 41.5 Å². The fraction of sp³-hybridized carbons (Fsp3) is 0.920. The first-order valence-electron chi connectivity index (χ1n) is 12.5. The van der Waals surface area contributed by atoms with Crippen LogP contribution < -0.4 is 0 Å². The summed E-state index contributed by atoms with van der Waals surface area (Å²) in [5, 5.41) is 11.4.